The third-order valence-corrected chi connectivity index (χ3v) is 2.77. The van der Waals surface area contributed by atoms with Gasteiger partial charge in [0.05, 0.1) is 29.3 Å². The molecule has 1 aromatic carbocycles. The van der Waals surface area contributed by atoms with Gasteiger partial charge in [-0.3, -0.25) is 10.1 Å². The molecular weight excluding hydrogens is 254 g/mol. The van der Waals surface area contributed by atoms with Gasteiger partial charge in [-0.1, -0.05) is 0 Å². The monoisotopic (exact) mass is 267 g/mol. The van der Waals surface area contributed by atoms with Gasteiger partial charge in [0.2, 0.25) is 0 Å². The Morgan fingerprint density at radius 3 is 2.68 bits per heavy atom. The van der Waals surface area contributed by atoms with Crippen LogP contribution in [0.3, 0.4) is 0 Å². The summed E-state index contributed by atoms with van der Waals surface area (Å²) in [6.07, 6.45) is -0.367. The third kappa shape index (κ3) is 3.49. The van der Waals surface area contributed by atoms with E-state index < -0.39 is 17.0 Å². The van der Waals surface area contributed by atoms with E-state index in [1.54, 1.807) is 0 Å². The van der Waals surface area contributed by atoms with E-state index in [1.165, 1.54) is 24.3 Å². The lowest BCUT2D eigenvalue weighted by atomic mass is 10.2. The molecule has 19 heavy (non-hydrogen) atoms. The molecule has 1 saturated heterocycles. The first-order valence-electron chi connectivity index (χ1n) is 5.77. The molecule has 1 aliphatic heterocycles. The van der Waals surface area contributed by atoms with Crippen LogP contribution < -0.4 is 0 Å². The molecule has 0 radical (unpaired) electrons. The zero-order chi connectivity index (χ0) is 13.8. The fourth-order valence-corrected chi connectivity index (χ4v) is 1.77. The van der Waals surface area contributed by atoms with Crippen molar-refractivity contribution in [2.45, 2.75) is 18.6 Å². The largest absolute Gasteiger partial charge is 0.459 e. The predicted octanol–water partition coefficient (Wildman–Crippen LogP) is 0.901. The van der Waals surface area contributed by atoms with E-state index in [1.807, 2.05) is 0 Å². The number of rotatable bonds is 4. The molecular formula is C12H13NO6. The highest BCUT2D eigenvalue weighted by molar-refractivity contribution is 5.89. The molecule has 2 atom stereocenters. The van der Waals surface area contributed by atoms with Crippen LogP contribution in [0.4, 0.5) is 5.69 Å². The van der Waals surface area contributed by atoms with Gasteiger partial charge in [-0.25, -0.2) is 4.79 Å². The number of nitro groups is 1. The fourth-order valence-electron chi connectivity index (χ4n) is 1.77. The molecule has 7 heteroatoms. The number of nitrogens with zero attached hydrogens (tertiary/aromatic N) is 1. The van der Waals surface area contributed by atoms with Gasteiger partial charge in [-0.05, 0) is 12.1 Å². The Hall–Kier alpha value is -1.99. The molecule has 0 amide bonds. The van der Waals surface area contributed by atoms with Crippen molar-refractivity contribution in [3.05, 3.63) is 39.9 Å². The van der Waals surface area contributed by atoms with Gasteiger partial charge in [0.25, 0.3) is 5.69 Å². The van der Waals surface area contributed by atoms with Crippen molar-refractivity contribution >= 4 is 11.7 Å². The first-order valence-corrected chi connectivity index (χ1v) is 5.77. The summed E-state index contributed by atoms with van der Waals surface area (Å²) in [5, 5.41) is 19.7. The van der Waals surface area contributed by atoms with Crippen LogP contribution in [0.15, 0.2) is 24.3 Å². The highest BCUT2D eigenvalue weighted by atomic mass is 16.6. The van der Waals surface area contributed by atoms with Gasteiger partial charge in [0.1, 0.15) is 6.61 Å². The smallest absolute Gasteiger partial charge is 0.338 e. The topological polar surface area (TPSA) is 98.9 Å². The van der Waals surface area contributed by atoms with E-state index in [0.717, 1.165) is 0 Å². The highest BCUT2D eigenvalue weighted by Crippen LogP contribution is 2.15. The van der Waals surface area contributed by atoms with Crippen molar-refractivity contribution in [1.82, 2.24) is 0 Å². The Balaban J connectivity index is 1.87. The quantitative estimate of drug-likeness (QED) is 0.494. The van der Waals surface area contributed by atoms with E-state index in [-0.39, 0.29) is 30.6 Å². The number of hydrogen-bond acceptors (Lipinski definition) is 6. The van der Waals surface area contributed by atoms with Crippen LogP contribution in [-0.2, 0) is 9.47 Å². The van der Waals surface area contributed by atoms with Gasteiger partial charge in [0.15, 0.2) is 0 Å². The van der Waals surface area contributed by atoms with Crippen molar-refractivity contribution in [2.24, 2.45) is 0 Å². The number of carbonyl (C=O) groups excluding carboxylic acids is 1. The Labute approximate surface area is 108 Å². The van der Waals surface area contributed by atoms with Gasteiger partial charge in [-0.2, -0.15) is 0 Å². The van der Waals surface area contributed by atoms with E-state index >= 15 is 0 Å². The fraction of sp³-hybridized carbons (Fsp3) is 0.417. The summed E-state index contributed by atoms with van der Waals surface area (Å²) in [6, 6.07) is 5.16. The van der Waals surface area contributed by atoms with E-state index in [0.29, 0.717) is 6.42 Å². The Morgan fingerprint density at radius 2 is 2.16 bits per heavy atom. The maximum Gasteiger partial charge on any atom is 0.338 e. The molecule has 1 heterocycles. The molecule has 102 valence electrons. The van der Waals surface area contributed by atoms with Crippen molar-refractivity contribution in [3.63, 3.8) is 0 Å². The third-order valence-electron chi connectivity index (χ3n) is 2.77. The second-order valence-corrected chi connectivity index (χ2v) is 4.25. The number of nitro benzene ring substituents is 1. The summed E-state index contributed by atoms with van der Waals surface area (Å²) < 4.78 is 10.2. The molecule has 0 saturated carbocycles. The summed E-state index contributed by atoms with van der Waals surface area (Å²) in [6.45, 7) is 0.312. The van der Waals surface area contributed by atoms with Crippen LogP contribution >= 0.6 is 0 Å². The van der Waals surface area contributed by atoms with Gasteiger partial charge < -0.3 is 14.6 Å². The van der Waals surface area contributed by atoms with Crippen molar-refractivity contribution in [3.8, 4) is 0 Å². The maximum atomic E-state index is 11.7. The molecule has 0 aromatic heterocycles. The first-order chi connectivity index (χ1) is 9.06. The van der Waals surface area contributed by atoms with Crippen molar-refractivity contribution < 1.29 is 24.3 Å². The first kappa shape index (κ1) is 13.4. The number of ether oxygens (including phenoxy) is 2. The molecule has 1 fully saturated rings. The van der Waals surface area contributed by atoms with Crippen LogP contribution in [-0.4, -0.2) is 41.4 Å². The van der Waals surface area contributed by atoms with E-state index in [2.05, 4.69) is 0 Å². The number of benzene rings is 1. The van der Waals surface area contributed by atoms with Gasteiger partial charge in [0, 0.05) is 18.6 Å². The average Bonchev–Trinajstić information content (AvgIpc) is 2.82. The molecule has 0 bridgehead atoms. The maximum absolute atomic E-state index is 11.7. The Bertz CT molecular complexity index is 472. The lowest BCUT2D eigenvalue weighted by molar-refractivity contribution is -0.384. The average molecular weight is 267 g/mol. The summed E-state index contributed by atoms with van der Waals surface area (Å²) in [5.74, 6) is -0.570. The zero-order valence-electron chi connectivity index (χ0n) is 10.0. The second-order valence-electron chi connectivity index (χ2n) is 4.25. The summed E-state index contributed by atoms with van der Waals surface area (Å²) in [4.78, 5) is 21.6. The Kier molecular flexibility index (Phi) is 4.08. The zero-order valence-corrected chi connectivity index (χ0v) is 10.0. The van der Waals surface area contributed by atoms with Crippen LogP contribution in [0.2, 0.25) is 0 Å². The molecule has 7 nitrogen and oxygen atoms in total. The van der Waals surface area contributed by atoms with E-state index in [4.69, 9.17) is 9.47 Å². The number of aliphatic hydroxyl groups excluding tert-OH is 1. The van der Waals surface area contributed by atoms with Crippen LogP contribution in [0.1, 0.15) is 16.8 Å². The van der Waals surface area contributed by atoms with Crippen LogP contribution in [0.25, 0.3) is 0 Å². The minimum absolute atomic E-state index is 0.0624. The molecule has 1 aromatic rings. The molecule has 0 spiro atoms. The summed E-state index contributed by atoms with van der Waals surface area (Å²) >= 11 is 0. The second kappa shape index (κ2) is 5.77. The van der Waals surface area contributed by atoms with Crippen molar-refractivity contribution in [1.29, 1.82) is 0 Å². The number of esters is 1. The van der Waals surface area contributed by atoms with Gasteiger partial charge >= 0.3 is 5.97 Å². The van der Waals surface area contributed by atoms with Crippen LogP contribution in [0.5, 0.6) is 0 Å². The van der Waals surface area contributed by atoms with Crippen LogP contribution in [0, 0.1) is 10.1 Å². The minimum Gasteiger partial charge on any atom is -0.459 e. The molecule has 0 unspecified atom stereocenters. The standard InChI is InChI=1S/C12H13NO6/c14-10-5-11(18-6-10)7-19-12(15)8-1-3-9(4-2-8)13(16)17/h1-4,10-11,14H,5-7H2/t10-,11+/m1/s1. The number of aliphatic hydroxyl groups is 1. The van der Waals surface area contributed by atoms with Gasteiger partial charge in [-0.15, -0.1) is 0 Å². The summed E-state index contributed by atoms with van der Waals surface area (Å²) in [5.41, 5.74) is 0.156. The molecule has 2 rings (SSSR count). The SMILES string of the molecule is O=C(OC[C@@H]1C[C@@H](O)CO1)c1ccc([N+](=O)[O-])cc1. The lowest BCUT2D eigenvalue weighted by Crippen LogP contribution is -2.18. The number of carbonyl (C=O) groups is 1. The number of non-ortho nitro benzene ring substituents is 1. The molecule has 1 N–H and O–H groups in total. The molecule has 1 aliphatic rings. The lowest BCUT2D eigenvalue weighted by Gasteiger charge is -2.09. The Morgan fingerprint density at radius 1 is 1.47 bits per heavy atom. The normalized spacial score (nSPS) is 22.2. The predicted molar refractivity (Wildman–Crippen MR) is 63.7 cm³/mol. The highest BCUT2D eigenvalue weighted by Gasteiger charge is 2.25. The minimum atomic E-state index is -0.570. The molecule has 0 aliphatic carbocycles. The summed E-state index contributed by atoms with van der Waals surface area (Å²) in [7, 11) is 0. The van der Waals surface area contributed by atoms with Crippen molar-refractivity contribution in [2.75, 3.05) is 13.2 Å². The van der Waals surface area contributed by atoms with E-state index in [9.17, 15) is 20.0 Å². The number of hydrogen-bond donors (Lipinski definition) is 1.